The van der Waals surface area contributed by atoms with Crippen LogP contribution in [0.15, 0.2) is 83.8 Å². The minimum absolute atomic E-state index is 0.0915. The lowest BCUT2D eigenvalue weighted by Gasteiger charge is -2.24. The van der Waals surface area contributed by atoms with Crippen LogP contribution in [-0.2, 0) is 21.4 Å². The van der Waals surface area contributed by atoms with E-state index in [9.17, 15) is 13.2 Å². The Balaban J connectivity index is 1.84. The third kappa shape index (κ3) is 5.29. The molecule has 29 heavy (non-hydrogen) atoms. The third-order valence-corrected chi connectivity index (χ3v) is 6.58. The summed E-state index contributed by atoms with van der Waals surface area (Å²) in [5.41, 5.74) is 1.08. The molecule has 0 fully saturated rings. The molecule has 3 aromatic rings. The number of hydrogen-bond acceptors (Lipinski definition) is 3. The van der Waals surface area contributed by atoms with Crippen LogP contribution in [-0.4, -0.2) is 20.9 Å². The topological polar surface area (TPSA) is 66.5 Å². The molecule has 8 heteroatoms. The van der Waals surface area contributed by atoms with Gasteiger partial charge >= 0.3 is 0 Å². The Morgan fingerprint density at radius 2 is 1.48 bits per heavy atom. The number of carbonyl (C=O) groups excluding carboxylic acids is 1. The zero-order valence-electron chi connectivity index (χ0n) is 15.3. The Morgan fingerprint density at radius 3 is 2.14 bits per heavy atom. The van der Waals surface area contributed by atoms with Gasteiger partial charge in [0, 0.05) is 16.6 Å². The van der Waals surface area contributed by atoms with Crippen molar-refractivity contribution in [2.75, 3.05) is 10.8 Å². The van der Waals surface area contributed by atoms with Crippen LogP contribution in [0.25, 0.3) is 0 Å². The van der Waals surface area contributed by atoms with Gasteiger partial charge in [0.15, 0.2) is 0 Å². The normalized spacial score (nSPS) is 11.1. The second-order valence-electron chi connectivity index (χ2n) is 6.17. The maximum Gasteiger partial charge on any atom is 0.264 e. The van der Waals surface area contributed by atoms with Gasteiger partial charge in [0.1, 0.15) is 6.54 Å². The zero-order valence-corrected chi connectivity index (χ0v) is 17.6. The highest BCUT2D eigenvalue weighted by Crippen LogP contribution is 2.25. The van der Waals surface area contributed by atoms with E-state index in [0.717, 1.165) is 9.87 Å². The average Bonchev–Trinajstić information content (AvgIpc) is 2.73. The number of rotatable bonds is 7. The second kappa shape index (κ2) is 9.31. The third-order valence-electron chi connectivity index (χ3n) is 4.17. The SMILES string of the molecule is O=C(CN(c1ccc(Cl)cc1)S(=O)(=O)c1ccccc1)NCc1ccccc1Cl. The summed E-state index contributed by atoms with van der Waals surface area (Å²) < 4.78 is 27.4. The number of nitrogens with one attached hydrogen (secondary N) is 1. The van der Waals surface area contributed by atoms with Crippen LogP contribution in [0.5, 0.6) is 0 Å². The first kappa shape index (κ1) is 21.2. The van der Waals surface area contributed by atoms with Gasteiger partial charge in [-0.05, 0) is 48.0 Å². The van der Waals surface area contributed by atoms with E-state index in [1.54, 1.807) is 60.7 Å². The number of sulfonamides is 1. The monoisotopic (exact) mass is 448 g/mol. The molecule has 1 N–H and O–H groups in total. The molecule has 3 aromatic carbocycles. The highest BCUT2D eigenvalue weighted by atomic mass is 35.5. The summed E-state index contributed by atoms with van der Waals surface area (Å²) in [5, 5.41) is 3.71. The Labute approximate surface area is 179 Å². The molecule has 0 spiro atoms. The van der Waals surface area contributed by atoms with E-state index in [4.69, 9.17) is 23.2 Å². The van der Waals surface area contributed by atoms with Crippen LogP contribution in [0, 0.1) is 0 Å². The number of anilines is 1. The standard InChI is InChI=1S/C21H18Cl2N2O3S/c22-17-10-12-18(13-11-17)25(29(27,28)19-7-2-1-3-8-19)15-21(26)24-14-16-6-4-5-9-20(16)23/h1-13H,14-15H2,(H,24,26). The van der Waals surface area contributed by atoms with Crippen molar-refractivity contribution in [3.63, 3.8) is 0 Å². The zero-order chi connectivity index (χ0) is 20.9. The maximum atomic E-state index is 13.2. The molecule has 0 aliphatic carbocycles. The fourth-order valence-corrected chi connectivity index (χ4v) is 4.43. The van der Waals surface area contributed by atoms with Crippen molar-refractivity contribution in [3.05, 3.63) is 94.5 Å². The van der Waals surface area contributed by atoms with Gasteiger partial charge in [-0.1, -0.05) is 59.6 Å². The molecule has 0 unspecified atom stereocenters. The first-order valence-electron chi connectivity index (χ1n) is 8.71. The molecule has 0 heterocycles. The lowest BCUT2D eigenvalue weighted by atomic mass is 10.2. The second-order valence-corrected chi connectivity index (χ2v) is 8.88. The number of amides is 1. The number of nitrogens with zero attached hydrogens (tertiary/aromatic N) is 1. The lowest BCUT2D eigenvalue weighted by molar-refractivity contribution is -0.119. The molecule has 0 aromatic heterocycles. The summed E-state index contributed by atoms with van der Waals surface area (Å²) in [7, 11) is -3.95. The predicted octanol–water partition coefficient (Wildman–Crippen LogP) is 4.51. The quantitative estimate of drug-likeness (QED) is 0.578. The van der Waals surface area contributed by atoms with E-state index in [1.165, 1.54) is 12.1 Å². The molecule has 0 bridgehead atoms. The van der Waals surface area contributed by atoms with Crippen LogP contribution in [0.2, 0.25) is 10.0 Å². The largest absolute Gasteiger partial charge is 0.350 e. The molecule has 0 aliphatic rings. The summed E-state index contributed by atoms with van der Waals surface area (Å²) in [6.45, 7) is -0.193. The minimum Gasteiger partial charge on any atom is -0.350 e. The van der Waals surface area contributed by atoms with E-state index >= 15 is 0 Å². The minimum atomic E-state index is -3.95. The Kier molecular flexibility index (Phi) is 6.79. The molecular formula is C21H18Cl2N2O3S. The van der Waals surface area contributed by atoms with Crippen LogP contribution in [0.4, 0.5) is 5.69 Å². The van der Waals surface area contributed by atoms with Crippen LogP contribution < -0.4 is 9.62 Å². The van der Waals surface area contributed by atoms with Gasteiger partial charge in [-0.3, -0.25) is 9.10 Å². The first-order valence-corrected chi connectivity index (χ1v) is 10.9. The molecule has 0 saturated carbocycles. The Hall–Kier alpha value is -2.54. The van der Waals surface area contributed by atoms with Gasteiger partial charge in [-0.15, -0.1) is 0 Å². The summed E-state index contributed by atoms with van der Waals surface area (Å²) in [6.07, 6.45) is 0. The fourth-order valence-electron chi connectivity index (χ4n) is 2.66. The van der Waals surface area contributed by atoms with Gasteiger partial charge in [0.2, 0.25) is 5.91 Å². The van der Waals surface area contributed by atoms with Crippen molar-refractivity contribution in [2.24, 2.45) is 0 Å². The van der Waals surface area contributed by atoms with Crippen molar-refractivity contribution in [1.82, 2.24) is 5.32 Å². The van der Waals surface area contributed by atoms with Crippen molar-refractivity contribution < 1.29 is 13.2 Å². The van der Waals surface area contributed by atoms with Gasteiger partial charge in [0.25, 0.3) is 10.0 Å². The van der Waals surface area contributed by atoms with Gasteiger partial charge in [-0.2, -0.15) is 0 Å². The average molecular weight is 449 g/mol. The van der Waals surface area contributed by atoms with Gasteiger partial charge in [-0.25, -0.2) is 8.42 Å². The number of carbonyl (C=O) groups is 1. The smallest absolute Gasteiger partial charge is 0.264 e. The van der Waals surface area contributed by atoms with E-state index in [1.807, 2.05) is 6.07 Å². The Bertz CT molecular complexity index is 1090. The van der Waals surface area contributed by atoms with Crippen molar-refractivity contribution in [3.8, 4) is 0 Å². The molecule has 1 amide bonds. The van der Waals surface area contributed by atoms with E-state index in [-0.39, 0.29) is 18.0 Å². The summed E-state index contributed by atoms with van der Waals surface area (Å²) in [6, 6.07) is 21.3. The molecule has 3 rings (SSSR count). The van der Waals surface area contributed by atoms with E-state index < -0.39 is 15.9 Å². The molecule has 0 saturated heterocycles. The molecule has 0 atom stereocenters. The van der Waals surface area contributed by atoms with Crippen molar-refractivity contribution >= 4 is 44.8 Å². The number of benzene rings is 3. The summed E-state index contributed by atoms with van der Waals surface area (Å²) >= 11 is 12.0. The number of hydrogen-bond donors (Lipinski definition) is 1. The molecule has 0 radical (unpaired) electrons. The van der Waals surface area contributed by atoms with Crippen LogP contribution in [0.3, 0.4) is 0 Å². The molecule has 0 aliphatic heterocycles. The van der Waals surface area contributed by atoms with E-state index in [2.05, 4.69) is 5.32 Å². The maximum absolute atomic E-state index is 13.2. The van der Waals surface area contributed by atoms with Crippen molar-refractivity contribution in [1.29, 1.82) is 0 Å². The highest BCUT2D eigenvalue weighted by molar-refractivity contribution is 7.92. The molecular weight excluding hydrogens is 431 g/mol. The first-order chi connectivity index (χ1) is 13.9. The lowest BCUT2D eigenvalue weighted by Crippen LogP contribution is -2.40. The highest BCUT2D eigenvalue weighted by Gasteiger charge is 2.27. The summed E-state index contributed by atoms with van der Waals surface area (Å²) in [5.74, 6) is -0.459. The van der Waals surface area contributed by atoms with Gasteiger partial charge in [0.05, 0.1) is 10.6 Å². The Morgan fingerprint density at radius 1 is 0.862 bits per heavy atom. The van der Waals surface area contributed by atoms with Crippen LogP contribution >= 0.6 is 23.2 Å². The predicted molar refractivity (Wildman–Crippen MR) is 116 cm³/mol. The number of halogens is 2. The molecule has 150 valence electrons. The molecule has 5 nitrogen and oxygen atoms in total. The fraction of sp³-hybridized carbons (Fsp3) is 0.0952. The van der Waals surface area contributed by atoms with E-state index in [0.29, 0.717) is 15.7 Å². The van der Waals surface area contributed by atoms with Crippen molar-refractivity contribution in [2.45, 2.75) is 11.4 Å². The van der Waals surface area contributed by atoms with Gasteiger partial charge < -0.3 is 5.32 Å². The summed E-state index contributed by atoms with van der Waals surface area (Å²) in [4.78, 5) is 12.7. The van der Waals surface area contributed by atoms with Crippen LogP contribution in [0.1, 0.15) is 5.56 Å².